The standard InChI is InChI=1S/C10H14BrNS/c1-8(4-2-3-5-12)10-6-9(11)7-13-10/h4,6-7H,2-3,5,12H2,1H3/b8-4+. The molecule has 1 nitrogen and oxygen atoms in total. The molecule has 72 valence electrons. The maximum absolute atomic E-state index is 5.42. The fourth-order valence-corrected chi connectivity index (χ4v) is 2.49. The maximum atomic E-state index is 5.42. The molecule has 0 bridgehead atoms. The smallest absolute Gasteiger partial charge is 0.0307 e. The van der Waals surface area contributed by atoms with Gasteiger partial charge in [0.1, 0.15) is 0 Å². The Bertz CT molecular complexity index is 291. The molecule has 13 heavy (non-hydrogen) atoms. The minimum absolute atomic E-state index is 0.776. The van der Waals surface area contributed by atoms with Crippen molar-refractivity contribution in [3.05, 3.63) is 26.9 Å². The van der Waals surface area contributed by atoms with Crippen molar-refractivity contribution in [3.63, 3.8) is 0 Å². The van der Waals surface area contributed by atoms with Crippen molar-refractivity contribution in [1.82, 2.24) is 0 Å². The van der Waals surface area contributed by atoms with Gasteiger partial charge in [0.05, 0.1) is 0 Å². The lowest BCUT2D eigenvalue weighted by molar-refractivity contribution is 0.855. The molecule has 0 atom stereocenters. The topological polar surface area (TPSA) is 26.0 Å². The van der Waals surface area contributed by atoms with Crippen molar-refractivity contribution in [2.45, 2.75) is 19.8 Å². The van der Waals surface area contributed by atoms with E-state index in [0.717, 1.165) is 19.4 Å². The van der Waals surface area contributed by atoms with E-state index in [-0.39, 0.29) is 0 Å². The molecule has 1 heterocycles. The van der Waals surface area contributed by atoms with Gasteiger partial charge in [0.15, 0.2) is 0 Å². The second kappa shape index (κ2) is 5.58. The van der Waals surface area contributed by atoms with Gasteiger partial charge in [-0.2, -0.15) is 0 Å². The first kappa shape index (κ1) is 11.0. The number of hydrogen-bond donors (Lipinski definition) is 1. The third-order valence-electron chi connectivity index (χ3n) is 1.81. The van der Waals surface area contributed by atoms with E-state index in [9.17, 15) is 0 Å². The fourth-order valence-electron chi connectivity index (χ4n) is 1.06. The first-order valence-electron chi connectivity index (χ1n) is 4.35. The van der Waals surface area contributed by atoms with Crippen LogP contribution in [0.2, 0.25) is 0 Å². The Kier molecular flexibility index (Phi) is 4.70. The van der Waals surface area contributed by atoms with Gasteiger partial charge in [0.25, 0.3) is 0 Å². The lowest BCUT2D eigenvalue weighted by Crippen LogP contribution is -1.96. The monoisotopic (exact) mass is 259 g/mol. The average Bonchev–Trinajstić information content (AvgIpc) is 2.52. The van der Waals surface area contributed by atoms with Crippen molar-refractivity contribution < 1.29 is 0 Å². The third kappa shape index (κ3) is 3.63. The summed E-state index contributed by atoms with van der Waals surface area (Å²) in [5.41, 5.74) is 6.77. The highest BCUT2D eigenvalue weighted by atomic mass is 79.9. The second-order valence-corrected chi connectivity index (χ2v) is 4.77. The lowest BCUT2D eigenvalue weighted by atomic mass is 10.2. The van der Waals surface area contributed by atoms with E-state index < -0.39 is 0 Å². The maximum Gasteiger partial charge on any atom is 0.0307 e. The van der Waals surface area contributed by atoms with Crippen LogP contribution in [0.15, 0.2) is 22.0 Å². The van der Waals surface area contributed by atoms with E-state index in [1.165, 1.54) is 14.9 Å². The highest BCUT2D eigenvalue weighted by Crippen LogP contribution is 2.26. The quantitative estimate of drug-likeness (QED) is 0.821. The molecule has 1 aromatic heterocycles. The number of rotatable bonds is 4. The molecule has 3 heteroatoms. The van der Waals surface area contributed by atoms with E-state index in [0.29, 0.717) is 0 Å². The Hall–Kier alpha value is -0.120. The molecule has 1 aromatic rings. The van der Waals surface area contributed by atoms with Crippen LogP contribution < -0.4 is 5.73 Å². The summed E-state index contributed by atoms with van der Waals surface area (Å²) in [6.07, 6.45) is 4.41. The first-order valence-corrected chi connectivity index (χ1v) is 6.02. The number of allylic oxidation sites excluding steroid dienone is 2. The molecular weight excluding hydrogens is 246 g/mol. The van der Waals surface area contributed by atoms with E-state index >= 15 is 0 Å². The predicted molar refractivity (Wildman–Crippen MR) is 64.0 cm³/mol. The first-order chi connectivity index (χ1) is 6.24. The summed E-state index contributed by atoms with van der Waals surface area (Å²) in [7, 11) is 0. The molecule has 0 unspecified atom stereocenters. The van der Waals surface area contributed by atoms with Crippen LogP contribution in [0.1, 0.15) is 24.6 Å². The number of nitrogens with two attached hydrogens (primary N) is 1. The van der Waals surface area contributed by atoms with Gasteiger partial charge in [0, 0.05) is 14.7 Å². The zero-order valence-corrected chi connectivity index (χ0v) is 10.1. The molecule has 0 radical (unpaired) electrons. The minimum atomic E-state index is 0.776. The summed E-state index contributed by atoms with van der Waals surface area (Å²) in [6.45, 7) is 2.92. The van der Waals surface area contributed by atoms with Crippen LogP contribution >= 0.6 is 27.3 Å². The van der Waals surface area contributed by atoms with Crippen molar-refractivity contribution in [1.29, 1.82) is 0 Å². The van der Waals surface area contributed by atoms with Gasteiger partial charge in [-0.3, -0.25) is 0 Å². The van der Waals surface area contributed by atoms with Crippen LogP contribution in [-0.4, -0.2) is 6.54 Å². The fraction of sp³-hybridized carbons (Fsp3) is 0.400. The highest BCUT2D eigenvalue weighted by Gasteiger charge is 1.98. The number of unbranched alkanes of at least 4 members (excludes halogenated alkanes) is 1. The summed E-state index contributed by atoms with van der Waals surface area (Å²) in [6, 6.07) is 2.15. The predicted octanol–water partition coefficient (Wildman–Crippen LogP) is 3.65. The average molecular weight is 260 g/mol. The van der Waals surface area contributed by atoms with Crippen LogP contribution in [-0.2, 0) is 0 Å². The summed E-state index contributed by atoms with van der Waals surface area (Å²) >= 11 is 5.21. The Morgan fingerprint density at radius 1 is 1.69 bits per heavy atom. The molecule has 0 fully saturated rings. The van der Waals surface area contributed by atoms with Crippen LogP contribution in [0.5, 0.6) is 0 Å². The Morgan fingerprint density at radius 2 is 2.46 bits per heavy atom. The largest absolute Gasteiger partial charge is 0.330 e. The van der Waals surface area contributed by atoms with E-state index in [1.54, 1.807) is 11.3 Å². The van der Waals surface area contributed by atoms with Gasteiger partial charge in [-0.05, 0) is 53.9 Å². The molecule has 0 aliphatic carbocycles. The molecule has 0 aromatic carbocycles. The Labute approximate surface area is 91.8 Å². The summed E-state index contributed by atoms with van der Waals surface area (Å²) in [4.78, 5) is 1.34. The number of hydrogen-bond acceptors (Lipinski definition) is 2. The third-order valence-corrected chi connectivity index (χ3v) is 3.64. The second-order valence-electron chi connectivity index (χ2n) is 2.95. The van der Waals surface area contributed by atoms with Crippen LogP contribution in [0.3, 0.4) is 0 Å². The van der Waals surface area contributed by atoms with E-state index in [1.807, 2.05) is 0 Å². The molecule has 0 aliphatic rings. The minimum Gasteiger partial charge on any atom is -0.330 e. The normalized spacial score (nSPS) is 12.1. The summed E-state index contributed by atoms with van der Waals surface area (Å²) < 4.78 is 1.17. The van der Waals surface area contributed by atoms with Crippen molar-refractivity contribution in [2.24, 2.45) is 5.73 Å². The highest BCUT2D eigenvalue weighted by molar-refractivity contribution is 9.10. The van der Waals surface area contributed by atoms with Crippen molar-refractivity contribution >= 4 is 32.8 Å². The number of thiophene rings is 1. The van der Waals surface area contributed by atoms with Crippen molar-refractivity contribution in [2.75, 3.05) is 6.54 Å². The molecule has 0 amide bonds. The number of halogens is 1. The van der Waals surface area contributed by atoms with Gasteiger partial charge in [-0.1, -0.05) is 6.08 Å². The van der Waals surface area contributed by atoms with Gasteiger partial charge in [-0.15, -0.1) is 11.3 Å². The summed E-state index contributed by atoms with van der Waals surface area (Å²) in [5, 5.41) is 2.11. The van der Waals surface area contributed by atoms with Crippen molar-refractivity contribution in [3.8, 4) is 0 Å². The molecule has 2 N–H and O–H groups in total. The van der Waals surface area contributed by atoms with E-state index in [2.05, 4.69) is 40.4 Å². The zero-order chi connectivity index (χ0) is 9.68. The van der Waals surface area contributed by atoms with Gasteiger partial charge in [-0.25, -0.2) is 0 Å². The molecule has 1 rings (SSSR count). The summed E-state index contributed by atoms with van der Waals surface area (Å²) in [5.74, 6) is 0. The SMILES string of the molecule is C/C(=C\CCCN)c1cc(Br)cs1. The molecule has 0 aliphatic heterocycles. The van der Waals surface area contributed by atoms with Gasteiger partial charge >= 0.3 is 0 Å². The Balaban J connectivity index is 2.56. The van der Waals surface area contributed by atoms with Gasteiger partial charge < -0.3 is 5.73 Å². The van der Waals surface area contributed by atoms with Crippen LogP contribution in [0.25, 0.3) is 5.57 Å². The molecule has 0 saturated carbocycles. The molecule has 0 spiro atoms. The molecular formula is C10H14BrNS. The molecule has 0 saturated heterocycles. The van der Waals surface area contributed by atoms with E-state index in [4.69, 9.17) is 5.73 Å². The van der Waals surface area contributed by atoms with Crippen LogP contribution in [0.4, 0.5) is 0 Å². The lowest BCUT2D eigenvalue weighted by Gasteiger charge is -1.96. The van der Waals surface area contributed by atoms with Crippen LogP contribution in [0, 0.1) is 0 Å². The zero-order valence-electron chi connectivity index (χ0n) is 7.72. The Morgan fingerprint density at radius 3 is 3.00 bits per heavy atom. The van der Waals surface area contributed by atoms with Gasteiger partial charge in [0.2, 0.25) is 0 Å².